The van der Waals surface area contributed by atoms with Gasteiger partial charge >= 0.3 is 0 Å². The van der Waals surface area contributed by atoms with Crippen LogP contribution in [0.5, 0.6) is 0 Å². The summed E-state index contributed by atoms with van der Waals surface area (Å²) in [5, 5.41) is 4.78. The van der Waals surface area contributed by atoms with Gasteiger partial charge in [0.2, 0.25) is 0 Å². The predicted molar refractivity (Wildman–Crippen MR) is 89.0 cm³/mol. The molecule has 0 spiro atoms. The van der Waals surface area contributed by atoms with E-state index in [-0.39, 0.29) is 17.8 Å². The Balaban J connectivity index is 1.88. The lowest BCUT2D eigenvalue weighted by Crippen LogP contribution is -2.87. The molecule has 3 N–H and O–H groups in total. The predicted octanol–water partition coefficient (Wildman–Crippen LogP) is 3.24. The van der Waals surface area contributed by atoms with Crippen LogP contribution in [0.2, 0.25) is 0 Å². The molecule has 2 aromatic rings. The number of amides is 1. The summed E-state index contributed by atoms with van der Waals surface area (Å²) in [5.41, 5.74) is 1.80. The zero-order valence-corrected chi connectivity index (χ0v) is 13.9. The zero-order chi connectivity index (χ0) is 15.9. The SMILES string of the molecule is CC[C@@H]([NH2+]CC(=O)Nc1ccc(F)cc1)c1ccc(Br)cc1. The number of carbonyl (C=O) groups is 1. The molecule has 0 saturated carbocycles. The summed E-state index contributed by atoms with van der Waals surface area (Å²) in [7, 11) is 0. The molecule has 0 fully saturated rings. The average molecular weight is 366 g/mol. The Morgan fingerprint density at radius 1 is 1.18 bits per heavy atom. The van der Waals surface area contributed by atoms with Gasteiger partial charge in [0.25, 0.3) is 5.91 Å². The molecule has 0 unspecified atom stereocenters. The lowest BCUT2D eigenvalue weighted by molar-refractivity contribution is -0.686. The summed E-state index contributed by atoms with van der Waals surface area (Å²) in [5.74, 6) is -0.409. The summed E-state index contributed by atoms with van der Waals surface area (Å²) in [6.07, 6.45) is 0.936. The largest absolute Gasteiger partial charge is 0.332 e. The molecular weight excluding hydrogens is 347 g/mol. The zero-order valence-electron chi connectivity index (χ0n) is 12.4. The normalized spacial score (nSPS) is 12.0. The fourth-order valence-corrected chi connectivity index (χ4v) is 2.51. The highest BCUT2D eigenvalue weighted by Gasteiger charge is 2.14. The minimum absolute atomic E-state index is 0.0952. The maximum absolute atomic E-state index is 12.8. The first kappa shape index (κ1) is 16.6. The van der Waals surface area contributed by atoms with E-state index in [1.165, 1.54) is 17.7 Å². The standard InChI is InChI=1S/C17H18BrFN2O/c1-2-16(12-3-5-13(18)6-4-12)20-11-17(22)21-15-9-7-14(19)8-10-15/h3-10,16,20H,2,11H2,1H3,(H,21,22)/p+1/t16-/m1/s1. The van der Waals surface area contributed by atoms with Gasteiger partial charge in [0.1, 0.15) is 11.9 Å². The Hall–Kier alpha value is -1.72. The van der Waals surface area contributed by atoms with Crippen molar-refractivity contribution in [2.24, 2.45) is 0 Å². The minimum atomic E-state index is -0.314. The van der Waals surface area contributed by atoms with E-state index in [2.05, 4.69) is 40.3 Å². The van der Waals surface area contributed by atoms with Crippen LogP contribution in [0.15, 0.2) is 53.0 Å². The number of nitrogens with one attached hydrogen (secondary N) is 1. The van der Waals surface area contributed by atoms with Gasteiger partial charge in [0.05, 0.1) is 0 Å². The molecule has 22 heavy (non-hydrogen) atoms. The quantitative estimate of drug-likeness (QED) is 0.810. The number of anilines is 1. The lowest BCUT2D eigenvalue weighted by atomic mass is 10.0. The fraction of sp³-hybridized carbons (Fsp3) is 0.235. The van der Waals surface area contributed by atoms with Crippen molar-refractivity contribution in [2.75, 3.05) is 11.9 Å². The third-order valence-electron chi connectivity index (χ3n) is 3.45. The number of carbonyl (C=O) groups excluding carboxylic acids is 1. The second-order valence-electron chi connectivity index (χ2n) is 5.06. The summed E-state index contributed by atoms with van der Waals surface area (Å²) in [6, 6.07) is 14.1. The topological polar surface area (TPSA) is 45.7 Å². The first-order valence-electron chi connectivity index (χ1n) is 7.22. The number of rotatable bonds is 6. The Labute approximate surface area is 138 Å². The van der Waals surface area contributed by atoms with Gasteiger partial charge in [0.15, 0.2) is 6.54 Å². The molecule has 0 radical (unpaired) electrons. The maximum atomic E-state index is 12.8. The van der Waals surface area contributed by atoms with E-state index in [1.807, 2.05) is 17.4 Å². The molecule has 0 aliphatic heterocycles. The van der Waals surface area contributed by atoms with Crippen LogP contribution >= 0.6 is 15.9 Å². The van der Waals surface area contributed by atoms with E-state index in [9.17, 15) is 9.18 Å². The van der Waals surface area contributed by atoms with Crippen molar-refractivity contribution in [3.63, 3.8) is 0 Å². The van der Waals surface area contributed by atoms with Gasteiger partial charge in [-0.2, -0.15) is 0 Å². The first-order chi connectivity index (χ1) is 10.6. The fourth-order valence-electron chi connectivity index (χ4n) is 2.24. The van der Waals surface area contributed by atoms with Crippen molar-refractivity contribution < 1.29 is 14.5 Å². The number of hydrogen-bond donors (Lipinski definition) is 2. The molecule has 1 amide bonds. The highest BCUT2D eigenvalue weighted by Crippen LogP contribution is 2.16. The molecular formula is C17H19BrFN2O+. The van der Waals surface area contributed by atoms with Gasteiger partial charge in [-0.25, -0.2) is 4.39 Å². The van der Waals surface area contributed by atoms with Crippen molar-refractivity contribution >= 4 is 27.5 Å². The first-order valence-corrected chi connectivity index (χ1v) is 8.02. The Bertz CT molecular complexity index is 614. The van der Waals surface area contributed by atoms with Gasteiger partial charge in [0, 0.05) is 22.1 Å². The van der Waals surface area contributed by atoms with Crippen molar-refractivity contribution in [1.29, 1.82) is 0 Å². The smallest absolute Gasteiger partial charge is 0.279 e. The van der Waals surface area contributed by atoms with Crippen molar-refractivity contribution in [1.82, 2.24) is 0 Å². The Morgan fingerprint density at radius 3 is 2.41 bits per heavy atom. The molecule has 2 aromatic carbocycles. The number of benzene rings is 2. The molecule has 0 aromatic heterocycles. The van der Waals surface area contributed by atoms with Crippen LogP contribution in [0.1, 0.15) is 24.9 Å². The molecule has 0 heterocycles. The third kappa shape index (κ3) is 4.93. The van der Waals surface area contributed by atoms with E-state index in [0.29, 0.717) is 12.2 Å². The van der Waals surface area contributed by atoms with Crippen LogP contribution in [0.25, 0.3) is 0 Å². The van der Waals surface area contributed by atoms with Crippen molar-refractivity contribution in [3.8, 4) is 0 Å². The molecule has 5 heteroatoms. The molecule has 3 nitrogen and oxygen atoms in total. The van der Waals surface area contributed by atoms with E-state index >= 15 is 0 Å². The Morgan fingerprint density at radius 2 is 1.82 bits per heavy atom. The average Bonchev–Trinajstić information content (AvgIpc) is 2.52. The van der Waals surface area contributed by atoms with Gasteiger partial charge < -0.3 is 10.6 Å². The van der Waals surface area contributed by atoms with E-state index in [1.54, 1.807) is 12.1 Å². The van der Waals surface area contributed by atoms with Gasteiger partial charge in [-0.15, -0.1) is 0 Å². The maximum Gasteiger partial charge on any atom is 0.279 e. The van der Waals surface area contributed by atoms with Gasteiger partial charge in [-0.3, -0.25) is 4.79 Å². The van der Waals surface area contributed by atoms with Crippen LogP contribution in [0.4, 0.5) is 10.1 Å². The van der Waals surface area contributed by atoms with Crippen molar-refractivity contribution in [3.05, 3.63) is 64.4 Å². The second-order valence-corrected chi connectivity index (χ2v) is 5.98. The summed E-state index contributed by atoms with van der Waals surface area (Å²) >= 11 is 3.42. The van der Waals surface area contributed by atoms with E-state index < -0.39 is 0 Å². The van der Waals surface area contributed by atoms with Crippen LogP contribution in [0, 0.1) is 5.82 Å². The molecule has 0 aliphatic carbocycles. The van der Waals surface area contributed by atoms with E-state index in [0.717, 1.165) is 10.9 Å². The summed E-state index contributed by atoms with van der Waals surface area (Å²) in [6.45, 7) is 2.42. The number of hydrogen-bond acceptors (Lipinski definition) is 1. The van der Waals surface area contributed by atoms with Crippen LogP contribution in [-0.2, 0) is 4.79 Å². The highest BCUT2D eigenvalue weighted by atomic mass is 79.9. The molecule has 0 aliphatic rings. The monoisotopic (exact) mass is 365 g/mol. The van der Waals surface area contributed by atoms with Crippen molar-refractivity contribution in [2.45, 2.75) is 19.4 Å². The van der Waals surface area contributed by atoms with Crippen LogP contribution < -0.4 is 10.6 Å². The van der Waals surface area contributed by atoms with Crippen LogP contribution in [0.3, 0.4) is 0 Å². The lowest BCUT2D eigenvalue weighted by Gasteiger charge is -2.14. The van der Waals surface area contributed by atoms with E-state index in [4.69, 9.17) is 0 Å². The molecule has 2 rings (SSSR count). The third-order valence-corrected chi connectivity index (χ3v) is 3.98. The molecule has 0 saturated heterocycles. The highest BCUT2D eigenvalue weighted by molar-refractivity contribution is 9.10. The molecule has 116 valence electrons. The molecule has 0 bridgehead atoms. The summed E-state index contributed by atoms with van der Waals surface area (Å²) < 4.78 is 13.9. The second kappa shape index (κ2) is 8.06. The minimum Gasteiger partial charge on any atom is -0.332 e. The van der Waals surface area contributed by atoms with Gasteiger partial charge in [-0.05, 0) is 36.4 Å². The number of halogens is 2. The summed E-state index contributed by atoms with van der Waals surface area (Å²) in [4.78, 5) is 12.0. The number of quaternary nitrogens is 1. The Kier molecular flexibility index (Phi) is 6.10. The number of nitrogens with two attached hydrogens (primary N) is 1. The van der Waals surface area contributed by atoms with Crippen LogP contribution in [-0.4, -0.2) is 12.5 Å². The van der Waals surface area contributed by atoms with Gasteiger partial charge in [-0.1, -0.05) is 35.0 Å². The molecule has 1 atom stereocenters.